The molecule has 10 nitrogen and oxygen atoms in total. The maximum atomic E-state index is 13.6. The molecule has 6 rings (SSSR count). The van der Waals surface area contributed by atoms with Crippen molar-refractivity contribution in [2.45, 2.75) is 26.7 Å². The van der Waals surface area contributed by atoms with E-state index in [-0.39, 0.29) is 23.1 Å². The number of anilines is 4. The highest BCUT2D eigenvalue weighted by Crippen LogP contribution is 2.39. The van der Waals surface area contributed by atoms with Crippen LogP contribution >= 0.6 is 21.6 Å². The lowest BCUT2D eigenvalue weighted by atomic mass is 9.81. The number of rotatable bonds is 17. The lowest BCUT2D eigenvalue weighted by Gasteiger charge is -2.31. The molecule has 0 aliphatic heterocycles. The minimum atomic E-state index is -0.200. The van der Waals surface area contributed by atoms with E-state index in [0.29, 0.717) is 80.3 Å². The normalized spacial score (nSPS) is 13.6. The molecule has 4 aromatic carbocycles. The second-order valence-electron chi connectivity index (χ2n) is 16.2. The molecule has 0 saturated heterocycles. The highest BCUT2D eigenvalue weighted by molar-refractivity contribution is 8.76. The fourth-order valence-corrected chi connectivity index (χ4v) is 10.2. The first-order chi connectivity index (χ1) is 26.6. The number of nitrogens with one attached hydrogen (secondary N) is 2. The Balaban J connectivity index is 0.904. The van der Waals surface area contributed by atoms with Gasteiger partial charge in [-0.1, -0.05) is 70.1 Å². The van der Waals surface area contributed by atoms with Crippen LogP contribution in [0.5, 0.6) is 0 Å². The van der Waals surface area contributed by atoms with Gasteiger partial charge in [0.25, 0.3) is 0 Å². The van der Waals surface area contributed by atoms with Gasteiger partial charge in [0, 0.05) is 70.9 Å². The predicted molar refractivity (Wildman–Crippen MR) is 233 cm³/mol. The van der Waals surface area contributed by atoms with Gasteiger partial charge >= 0.3 is 0 Å². The van der Waals surface area contributed by atoms with Gasteiger partial charge in [0.05, 0.1) is 88.1 Å². The van der Waals surface area contributed by atoms with E-state index in [1.807, 2.05) is 41.5 Å². The molecular formula is C44H54N6O4S2+2. The van der Waals surface area contributed by atoms with Gasteiger partial charge in [0.2, 0.25) is 0 Å². The van der Waals surface area contributed by atoms with Crippen LogP contribution in [0.4, 0.5) is 22.7 Å². The van der Waals surface area contributed by atoms with Gasteiger partial charge in [-0.05, 0) is 37.1 Å². The summed E-state index contributed by atoms with van der Waals surface area (Å²) in [5.41, 5.74) is 19.4. The number of nitrogen functional groups attached to an aromatic ring is 2. The molecule has 0 unspecified atom stereocenters. The Bertz CT molecular complexity index is 2220. The molecule has 4 aromatic rings. The third kappa shape index (κ3) is 8.53. The highest BCUT2D eigenvalue weighted by atomic mass is 33.1. The molecule has 0 aromatic heterocycles. The van der Waals surface area contributed by atoms with E-state index in [9.17, 15) is 19.2 Å². The second kappa shape index (κ2) is 16.9. The third-order valence-corrected chi connectivity index (χ3v) is 13.4. The van der Waals surface area contributed by atoms with Crippen LogP contribution in [-0.2, 0) is 0 Å². The van der Waals surface area contributed by atoms with Crippen LogP contribution < -0.4 is 22.1 Å². The minimum Gasteiger partial charge on any atom is -0.398 e. The van der Waals surface area contributed by atoms with Crippen molar-refractivity contribution >= 4 is 67.5 Å². The maximum absolute atomic E-state index is 13.6. The fourth-order valence-electron chi connectivity index (χ4n) is 7.65. The topological polar surface area (TPSA) is 144 Å². The zero-order valence-electron chi connectivity index (χ0n) is 33.3. The zero-order chi connectivity index (χ0) is 40.4. The lowest BCUT2D eigenvalue weighted by Crippen LogP contribution is -2.43. The van der Waals surface area contributed by atoms with E-state index in [2.05, 4.69) is 38.8 Å². The number of nitrogens with zero attached hydrogens (tertiary/aromatic N) is 2. The highest BCUT2D eigenvalue weighted by Gasteiger charge is 2.35. The van der Waals surface area contributed by atoms with E-state index in [0.717, 1.165) is 70.6 Å². The summed E-state index contributed by atoms with van der Waals surface area (Å²) in [6.45, 7) is 9.17. The summed E-state index contributed by atoms with van der Waals surface area (Å²) in [4.78, 5) is 53.7. The summed E-state index contributed by atoms with van der Waals surface area (Å²) < 4.78 is 1.77. The van der Waals surface area contributed by atoms with Gasteiger partial charge in [-0.25, -0.2) is 0 Å². The smallest absolute Gasteiger partial charge is 0.196 e. The van der Waals surface area contributed by atoms with E-state index < -0.39 is 0 Å². The summed E-state index contributed by atoms with van der Waals surface area (Å²) in [6.07, 6.45) is 1.82. The second-order valence-corrected chi connectivity index (χ2v) is 18.9. The van der Waals surface area contributed by atoms with Gasteiger partial charge in [0.15, 0.2) is 23.1 Å². The van der Waals surface area contributed by atoms with Gasteiger partial charge in [-0.15, -0.1) is 0 Å². The summed E-state index contributed by atoms with van der Waals surface area (Å²) >= 11 is 0. The number of hydrogen-bond acceptors (Lipinski definition) is 10. The number of quaternary nitrogens is 2. The van der Waals surface area contributed by atoms with Crippen molar-refractivity contribution < 1.29 is 28.1 Å². The summed E-state index contributed by atoms with van der Waals surface area (Å²) in [6, 6.07) is 17.6. The molecular weight excluding hydrogens is 741 g/mol. The Morgan fingerprint density at radius 2 is 1.00 bits per heavy atom. The van der Waals surface area contributed by atoms with Crippen molar-refractivity contribution in [2.75, 3.05) is 101 Å². The predicted octanol–water partition coefficient (Wildman–Crippen LogP) is 6.86. The van der Waals surface area contributed by atoms with Crippen molar-refractivity contribution in [2.24, 2.45) is 0 Å². The first-order valence-electron chi connectivity index (χ1n) is 19.2. The van der Waals surface area contributed by atoms with Crippen molar-refractivity contribution in [1.29, 1.82) is 0 Å². The molecule has 56 heavy (non-hydrogen) atoms. The monoisotopic (exact) mass is 794 g/mol. The lowest BCUT2D eigenvalue weighted by molar-refractivity contribution is -0.887. The van der Waals surface area contributed by atoms with Crippen LogP contribution in [0, 0.1) is 13.8 Å². The fraction of sp³-hybridized carbons (Fsp3) is 0.364. The molecule has 2 aliphatic carbocycles. The molecule has 0 spiro atoms. The molecule has 6 N–H and O–H groups in total. The standard InChI is InChI=1S/C44H52N6O4S2/c1-27-26-34(36-37(39(27)46)43(53)31-15-9-8-14-30(31)42(36)52)47-17-11-19-49(3,4)21-23-55-56-24-22-50(5,6)20-12-18-48-40-28(2)25-33(45)35-38(40)44(54)32-16-10-7-13-29(32)41(35)51/h7-10,13-16,25-26H,11-12,17-24H2,1-6H3,(H4-2,45,46,47,48,51,52,53,54)/p+2. The Morgan fingerprint density at radius 3 is 1.52 bits per heavy atom. The molecule has 0 bridgehead atoms. The first-order valence-corrected chi connectivity index (χ1v) is 21.7. The molecule has 0 atom stereocenters. The molecule has 0 amide bonds. The van der Waals surface area contributed by atoms with Crippen LogP contribution in [0.2, 0.25) is 0 Å². The number of carbonyl (C=O) groups excluding carboxylic acids is 4. The average Bonchev–Trinajstić information content (AvgIpc) is 3.16. The van der Waals surface area contributed by atoms with Crippen molar-refractivity contribution in [3.05, 3.63) is 116 Å². The first kappa shape index (κ1) is 41.0. The van der Waals surface area contributed by atoms with Gasteiger partial charge in [-0.3, -0.25) is 19.2 Å². The van der Waals surface area contributed by atoms with Crippen molar-refractivity contribution in [3.8, 4) is 0 Å². The van der Waals surface area contributed by atoms with Crippen LogP contribution in [-0.4, -0.2) is 111 Å². The molecule has 0 radical (unpaired) electrons. The quantitative estimate of drug-likeness (QED) is 0.0335. The van der Waals surface area contributed by atoms with Crippen LogP contribution in [0.1, 0.15) is 87.7 Å². The van der Waals surface area contributed by atoms with Crippen LogP contribution in [0.15, 0.2) is 60.7 Å². The van der Waals surface area contributed by atoms with Crippen molar-refractivity contribution in [1.82, 2.24) is 0 Å². The summed E-state index contributed by atoms with van der Waals surface area (Å²) in [5, 5.41) is 6.95. The number of nitrogens with two attached hydrogens (primary N) is 2. The van der Waals surface area contributed by atoms with Gasteiger partial charge in [0.1, 0.15) is 0 Å². The van der Waals surface area contributed by atoms with E-state index in [1.165, 1.54) is 0 Å². The number of carbonyl (C=O) groups is 4. The molecule has 12 heteroatoms. The number of ketones is 4. The van der Waals surface area contributed by atoms with Gasteiger partial charge < -0.3 is 31.1 Å². The van der Waals surface area contributed by atoms with E-state index in [1.54, 1.807) is 54.6 Å². The van der Waals surface area contributed by atoms with E-state index in [4.69, 9.17) is 11.5 Å². The van der Waals surface area contributed by atoms with Gasteiger partial charge in [-0.2, -0.15) is 0 Å². The number of fused-ring (bicyclic) bond motifs is 4. The largest absolute Gasteiger partial charge is 0.398 e. The Hall–Kier alpha value is -4.62. The van der Waals surface area contributed by atoms with E-state index >= 15 is 0 Å². The summed E-state index contributed by atoms with van der Waals surface area (Å²) in [7, 11) is 12.8. The van der Waals surface area contributed by atoms with Crippen molar-refractivity contribution in [3.63, 3.8) is 0 Å². The summed E-state index contributed by atoms with van der Waals surface area (Å²) in [5.74, 6) is 1.36. The number of benzene rings is 4. The Labute approximate surface area is 338 Å². The molecule has 0 saturated carbocycles. The Morgan fingerprint density at radius 1 is 0.554 bits per heavy atom. The zero-order valence-corrected chi connectivity index (χ0v) is 35.0. The third-order valence-electron chi connectivity index (χ3n) is 11.0. The van der Waals surface area contributed by atoms with Crippen LogP contribution in [0.25, 0.3) is 0 Å². The SMILES string of the molecule is Cc1cc(NCCC[N+](C)(C)CCSSCC[N+](C)(C)CCCNc2c(C)cc(N)c3c2C(=O)c2ccccc2C3=O)c2c(c1N)C(=O)c1ccccc1C2=O. The molecule has 2 aliphatic rings. The molecule has 0 fully saturated rings. The van der Waals surface area contributed by atoms with Crippen LogP contribution in [0.3, 0.4) is 0 Å². The minimum absolute atomic E-state index is 0.161. The number of aryl methyl sites for hydroxylation is 2. The molecule has 0 heterocycles. The molecule has 294 valence electrons. The Kier molecular flexibility index (Phi) is 12.3. The maximum Gasteiger partial charge on any atom is 0.196 e. The average molecular weight is 795 g/mol. The number of hydrogen-bond donors (Lipinski definition) is 4.